The molecule has 120 valence electrons. The highest BCUT2D eigenvalue weighted by Crippen LogP contribution is 2.09. The van der Waals surface area contributed by atoms with Crippen LogP contribution in [-0.4, -0.2) is 48.0 Å². The van der Waals surface area contributed by atoms with E-state index in [0.29, 0.717) is 26.1 Å². The number of benzene rings is 1. The quantitative estimate of drug-likeness (QED) is 0.859. The van der Waals surface area contributed by atoms with E-state index in [0.717, 1.165) is 24.9 Å². The molecule has 0 N–H and O–H groups in total. The van der Waals surface area contributed by atoms with Crippen LogP contribution in [0.25, 0.3) is 0 Å². The molecule has 1 aliphatic heterocycles. The normalized spacial score (nSPS) is 15.3. The Balaban J connectivity index is 1.80. The predicted molar refractivity (Wildman–Crippen MR) is 84.3 cm³/mol. The number of hydrogen-bond acceptors (Lipinski definition) is 3. The molecule has 5 nitrogen and oxygen atoms in total. The number of ether oxygens (including phenoxy) is 1. The fourth-order valence-electron chi connectivity index (χ4n) is 2.53. The van der Waals surface area contributed by atoms with Crippen molar-refractivity contribution in [2.24, 2.45) is 0 Å². The summed E-state index contributed by atoms with van der Waals surface area (Å²) in [7, 11) is 0. The van der Waals surface area contributed by atoms with Crippen molar-refractivity contribution >= 4 is 12.0 Å². The molecule has 0 saturated carbocycles. The Hall–Kier alpha value is -2.04. The monoisotopic (exact) mass is 304 g/mol. The second kappa shape index (κ2) is 8.41. The molecule has 1 fully saturated rings. The van der Waals surface area contributed by atoms with Crippen LogP contribution in [0.2, 0.25) is 0 Å². The molecule has 0 bridgehead atoms. The summed E-state index contributed by atoms with van der Waals surface area (Å²) in [6, 6.07) is 9.64. The third-order valence-electron chi connectivity index (χ3n) is 3.78. The average molecular weight is 304 g/mol. The Morgan fingerprint density at radius 3 is 2.45 bits per heavy atom. The SMILES string of the molecule is CCCC(=O)N1CCCN(C(=O)OCc2ccccc2)CC1. The molecule has 1 saturated heterocycles. The minimum Gasteiger partial charge on any atom is -0.445 e. The first kappa shape index (κ1) is 16.3. The van der Waals surface area contributed by atoms with Gasteiger partial charge in [0.2, 0.25) is 5.91 Å². The minimum atomic E-state index is -0.298. The fourth-order valence-corrected chi connectivity index (χ4v) is 2.53. The fraction of sp³-hybridized carbons (Fsp3) is 0.529. The van der Waals surface area contributed by atoms with Crippen LogP contribution < -0.4 is 0 Å². The van der Waals surface area contributed by atoms with E-state index in [1.807, 2.05) is 42.2 Å². The number of hydrogen-bond donors (Lipinski definition) is 0. The summed E-state index contributed by atoms with van der Waals surface area (Å²) in [5.41, 5.74) is 0.977. The van der Waals surface area contributed by atoms with Gasteiger partial charge < -0.3 is 14.5 Å². The molecule has 2 rings (SSSR count). The second-order valence-electron chi connectivity index (χ2n) is 5.51. The lowest BCUT2D eigenvalue weighted by Gasteiger charge is -2.21. The van der Waals surface area contributed by atoms with Gasteiger partial charge in [-0.1, -0.05) is 37.3 Å². The first-order valence-corrected chi connectivity index (χ1v) is 7.94. The van der Waals surface area contributed by atoms with Crippen LogP contribution in [0.4, 0.5) is 4.79 Å². The summed E-state index contributed by atoms with van der Waals surface area (Å²) >= 11 is 0. The minimum absolute atomic E-state index is 0.182. The van der Waals surface area contributed by atoms with Crippen LogP contribution in [0.5, 0.6) is 0 Å². The summed E-state index contributed by atoms with van der Waals surface area (Å²) in [6.45, 7) is 4.80. The average Bonchev–Trinajstić information content (AvgIpc) is 2.80. The van der Waals surface area contributed by atoms with Crippen LogP contribution in [0.3, 0.4) is 0 Å². The number of carbonyl (C=O) groups is 2. The van der Waals surface area contributed by atoms with Gasteiger partial charge in [0.25, 0.3) is 0 Å². The van der Waals surface area contributed by atoms with Crippen LogP contribution in [0.15, 0.2) is 30.3 Å². The van der Waals surface area contributed by atoms with E-state index < -0.39 is 0 Å². The highest BCUT2D eigenvalue weighted by atomic mass is 16.6. The van der Waals surface area contributed by atoms with E-state index in [2.05, 4.69) is 0 Å². The zero-order valence-electron chi connectivity index (χ0n) is 13.2. The molecule has 1 aromatic rings. The van der Waals surface area contributed by atoms with Crippen molar-refractivity contribution in [2.75, 3.05) is 26.2 Å². The zero-order valence-corrected chi connectivity index (χ0v) is 13.2. The van der Waals surface area contributed by atoms with Gasteiger partial charge in [-0.2, -0.15) is 0 Å². The van der Waals surface area contributed by atoms with Gasteiger partial charge in [-0.05, 0) is 18.4 Å². The highest BCUT2D eigenvalue weighted by molar-refractivity contribution is 5.76. The van der Waals surface area contributed by atoms with Gasteiger partial charge >= 0.3 is 6.09 Å². The molecule has 0 spiro atoms. The molecule has 1 aromatic carbocycles. The Kier molecular flexibility index (Phi) is 6.25. The maximum atomic E-state index is 12.1. The maximum absolute atomic E-state index is 12.1. The molecular formula is C17H24N2O3. The van der Waals surface area contributed by atoms with Crippen molar-refractivity contribution in [1.82, 2.24) is 9.80 Å². The van der Waals surface area contributed by atoms with Crippen LogP contribution in [0, 0.1) is 0 Å². The topological polar surface area (TPSA) is 49.9 Å². The van der Waals surface area contributed by atoms with E-state index in [1.165, 1.54) is 0 Å². The van der Waals surface area contributed by atoms with E-state index in [9.17, 15) is 9.59 Å². The first-order valence-electron chi connectivity index (χ1n) is 7.94. The molecule has 2 amide bonds. The van der Waals surface area contributed by atoms with Crippen molar-refractivity contribution in [3.8, 4) is 0 Å². The van der Waals surface area contributed by atoms with Crippen molar-refractivity contribution < 1.29 is 14.3 Å². The van der Waals surface area contributed by atoms with Crippen molar-refractivity contribution in [1.29, 1.82) is 0 Å². The Morgan fingerprint density at radius 1 is 1.05 bits per heavy atom. The van der Waals surface area contributed by atoms with Gasteiger partial charge in [0, 0.05) is 32.6 Å². The zero-order chi connectivity index (χ0) is 15.8. The lowest BCUT2D eigenvalue weighted by atomic mass is 10.2. The largest absolute Gasteiger partial charge is 0.445 e. The molecule has 0 unspecified atom stereocenters. The Morgan fingerprint density at radius 2 is 1.73 bits per heavy atom. The molecule has 5 heteroatoms. The summed E-state index contributed by atoms with van der Waals surface area (Å²) < 4.78 is 5.35. The van der Waals surface area contributed by atoms with Crippen LogP contribution in [-0.2, 0) is 16.1 Å². The van der Waals surface area contributed by atoms with Gasteiger partial charge in [0.15, 0.2) is 0 Å². The lowest BCUT2D eigenvalue weighted by Crippen LogP contribution is -2.37. The van der Waals surface area contributed by atoms with E-state index >= 15 is 0 Å². The molecule has 0 atom stereocenters. The third kappa shape index (κ3) is 4.76. The van der Waals surface area contributed by atoms with Crippen LogP contribution >= 0.6 is 0 Å². The van der Waals surface area contributed by atoms with Crippen molar-refractivity contribution in [3.63, 3.8) is 0 Å². The van der Waals surface area contributed by atoms with Crippen molar-refractivity contribution in [2.45, 2.75) is 32.8 Å². The summed E-state index contributed by atoms with van der Waals surface area (Å²) in [5.74, 6) is 0.182. The lowest BCUT2D eigenvalue weighted by molar-refractivity contribution is -0.131. The molecule has 1 aliphatic rings. The predicted octanol–water partition coefficient (Wildman–Crippen LogP) is 2.66. The van der Waals surface area contributed by atoms with Gasteiger partial charge in [-0.3, -0.25) is 4.79 Å². The van der Waals surface area contributed by atoms with Gasteiger partial charge in [-0.25, -0.2) is 4.79 Å². The Bertz CT molecular complexity index is 490. The summed E-state index contributed by atoms with van der Waals surface area (Å²) in [4.78, 5) is 27.6. The smallest absolute Gasteiger partial charge is 0.410 e. The van der Waals surface area contributed by atoms with E-state index in [4.69, 9.17) is 4.74 Å². The van der Waals surface area contributed by atoms with E-state index in [1.54, 1.807) is 4.90 Å². The van der Waals surface area contributed by atoms with Crippen LogP contribution in [0.1, 0.15) is 31.7 Å². The number of amides is 2. The highest BCUT2D eigenvalue weighted by Gasteiger charge is 2.22. The molecule has 22 heavy (non-hydrogen) atoms. The van der Waals surface area contributed by atoms with Crippen molar-refractivity contribution in [3.05, 3.63) is 35.9 Å². The van der Waals surface area contributed by atoms with Gasteiger partial charge in [-0.15, -0.1) is 0 Å². The standard InChI is InChI=1S/C17H24N2O3/c1-2-7-16(20)18-10-6-11-19(13-12-18)17(21)22-14-15-8-4-3-5-9-15/h3-5,8-9H,2,6-7,10-14H2,1H3. The second-order valence-corrected chi connectivity index (χ2v) is 5.51. The molecular weight excluding hydrogens is 280 g/mol. The third-order valence-corrected chi connectivity index (χ3v) is 3.78. The number of nitrogens with zero attached hydrogens (tertiary/aromatic N) is 2. The van der Waals surface area contributed by atoms with E-state index in [-0.39, 0.29) is 18.6 Å². The summed E-state index contributed by atoms with van der Waals surface area (Å²) in [6.07, 6.45) is 1.95. The number of carbonyl (C=O) groups excluding carboxylic acids is 2. The first-order chi connectivity index (χ1) is 10.7. The summed E-state index contributed by atoms with van der Waals surface area (Å²) in [5, 5.41) is 0. The number of rotatable bonds is 4. The maximum Gasteiger partial charge on any atom is 0.410 e. The molecule has 0 aromatic heterocycles. The van der Waals surface area contributed by atoms with Gasteiger partial charge in [0.05, 0.1) is 0 Å². The molecule has 0 radical (unpaired) electrons. The molecule has 0 aliphatic carbocycles. The van der Waals surface area contributed by atoms with Gasteiger partial charge in [0.1, 0.15) is 6.61 Å². The molecule has 1 heterocycles. The Labute approximate surface area is 131 Å².